The molecular formula is C19H32N2O2. The molecule has 4 nitrogen and oxygen atoms in total. The summed E-state index contributed by atoms with van der Waals surface area (Å²) in [6, 6.07) is 9.66. The van der Waals surface area contributed by atoms with Gasteiger partial charge < -0.3 is 5.32 Å². The van der Waals surface area contributed by atoms with Gasteiger partial charge in [-0.1, -0.05) is 82.2 Å². The molecule has 1 aromatic rings. The van der Waals surface area contributed by atoms with Gasteiger partial charge in [0.2, 0.25) is 0 Å². The Morgan fingerprint density at radius 2 is 1.61 bits per heavy atom. The van der Waals surface area contributed by atoms with E-state index in [1.54, 1.807) is 7.05 Å². The van der Waals surface area contributed by atoms with E-state index < -0.39 is 0 Å². The summed E-state index contributed by atoms with van der Waals surface area (Å²) in [5.41, 5.74) is 1.05. The number of hydroxylamine groups is 2. The first-order valence-corrected chi connectivity index (χ1v) is 8.92. The molecule has 0 atom stereocenters. The number of nitrogens with one attached hydrogen (secondary N) is 1. The fourth-order valence-corrected chi connectivity index (χ4v) is 2.37. The summed E-state index contributed by atoms with van der Waals surface area (Å²) in [5, 5.41) is 4.17. The van der Waals surface area contributed by atoms with Gasteiger partial charge in [-0.25, -0.2) is 9.86 Å². The quantitative estimate of drug-likeness (QED) is 0.439. The first-order chi connectivity index (χ1) is 11.2. The third-order valence-corrected chi connectivity index (χ3v) is 3.86. The molecular weight excluding hydrogens is 288 g/mol. The monoisotopic (exact) mass is 320 g/mol. The van der Waals surface area contributed by atoms with Crippen LogP contribution in [-0.4, -0.2) is 24.7 Å². The highest BCUT2D eigenvalue weighted by Crippen LogP contribution is 2.08. The van der Waals surface area contributed by atoms with Crippen LogP contribution in [0.15, 0.2) is 30.3 Å². The first-order valence-electron chi connectivity index (χ1n) is 8.92. The van der Waals surface area contributed by atoms with Crippen LogP contribution >= 0.6 is 0 Å². The third-order valence-electron chi connectivity index (χ3n) is 3.86. The van der Waals surface area contributed by atoms with Crippen molar-refractivity contribution in [2.75, 3.05) is 13.6 Å². The predicted molar refractivity (Wildman–Crippen MR) is 95.0 cm³/mol. The van der Waals surface area contributed by atoms with Crippen LogP contribution < -0.4 is 5.32 Å². The van der Waals surface area contributed by atoms with Gasteiger partial charge in [-0.05, 0) is 12.0 Å². The molecule has 1 N–H and O–H groups in total. The maximum atomic E-state index is 11.9. The molecule has 0 fully saturated rings. The van der Waals surface area contributed by atoms with E-state index in [9.17, 15) is 4.79 Å². The van der Waals surface area contributed by atoms with E-state index in [1.807, 2.05) is 30.3 Å². The number of unbranched alkanes of at least 4 members (excludes halogenated alkanes) is 7. The summed E-state index contributed by atoms with van der Waals surface area (Å²) in [5.74, 6) is 0. The van der Waals surface area contributed by atoms with Crippen molar-refractivity contribution in [3.8, 4) is 0 Å². The summed E-state index contributed by atoms with van der Waals surface area (Å²) in [4.78, 5) is 17.3. The summed E-state index contributed by atoms with van der Waals surface area (Å²) in [7, 11) is 1.64. The molecule has 0 heterocycles. The average Bonchev–Trinajstić information content (AvgIpc) is 2.59. The van der Waals surface area contributed by atoms with Crippen LogP contribution in [0.3, 0.4) is 0 Å². The third kappa shape index (κ3) is 9.95. The lowest BCUT2D eigenvalue weighted by Gasteiger charge is -2.17. The SMILES string of the molecule is CCCCCCCCCCNC(=O)N(C)OCc1ccccc1. The number of rotatable bonds is 12. The molecule has 0 spiro atoms. The van der Waals surface area contributed by atoms with Crippen LogP contribution in [0.4, 0.5) is 4.79 Å². The average molecular weight is 320 g/mol. The summed E-state index contributed by atoms with van der Waals surface area (Å²) >= 11 is 0. The van der Waals surface area contributed by atoms with Gasteiger partial charge in [0.15, 0.2) is 0 Å². The minimum Gasteiger partial charge on any atom is -0.336 e. The van der Waals surface area contributed by atoms with Crippen molar-refractivity contribution in [3.05, 3.63) is 35.9 Å². The number of urea groups is 1. The fourth-order valence-electron chi connectivity index (χ4n) is 2.37. The molecule has 0 unspecified atom stereocenters. The van der Waals surface area contributed by atoms with E-state index in [1.165, 1.54) is 50.0 Å². The lowest BCUT2D eigenvalue weighted by molar-refractivity contribution is -0.109. The minimum atomic E-state index is -0.177. The molecule has 130 valence electrons. The van der Waals surface area contributed by atoms with Gasteiger partial charge in [-0.3, -0.25) is 4.84 Å². The second-order valence-electron chi connectivity index (χ2n) is 5.96. The van der Waals surface area contributed by atoms with Gasteiger partial charge in [-0.2, -0.15) is 0 Å². The van der Waals surface area contributed by atoms with Gasteiger partial charge in [0.05, 0.1) is 0 Å². The molecule has 0 bridgehead atoms. The van der Waals surface area contributed by atoms with Gasteiger partial charge in [0.25, 0.3) is 0 Å². The maximum Gasteiger partial charge on any atom is 0.341 e. The van der Waals surface area contributed by atoms with Crippen molar-refractivity contribution in [1.29, 1.82) is 0 Å². The minimum absolute atomic E-state index is 0.177. The predicted octanol–water partition coefficient (Wildman–Crippen LogP) is 4.90. The number of hydrogen-bond acceptors (Lipinski definition) is 2. The normalized spacial score (nSPS) is 10.5. The number of carbonyl (C=O) groups is 1. The molecule has 2 amide bonds. The van der Waals surface area contributed by atoms with E-state index in [2.05, 4.69) is 12.2 Å². The van der Waals surface area contributed by atoms with E-state index in [-0.39, 0.29) is 6.03 Å². The smallest absolute Gasteiger partial charge is 0.336 e. The fraction of sp³-hybridized carbons (Fsp3) is 0.632. The molecule has 0 radical (unpaired) electrons. The van der Waals surface area contributed by atoms with Gasteiger partial charge in [-0.15, -0.1) is 0 Å². The highest BCUT2D eigenvalue weighted by molar-refractivity contribution is 5.72. The maximum absolute atomic E-state index is 11.9. The van der Waals surface area contributed by atoms with Crippen molar-refractivity contribution in [1.82, 2.24) is 10.4 Å². The summed E-state index contributed by atoms with van der Waals surface area (Å²) < 4.78 is 0. The summed E-state index contributed by atoms with van der Waals surface area (Å²) in [6.07, 6.45) is 10.1. The van der Waals surface area contributed by atoms with Crippen molar-refractivity contribution in [2.24, 2.45) is 0 Å². The Morgan fingerprint density at radius 1 is 1.00 bits per heavy atom. The number of amides is 2. The topological polar surface area (TPSA) is 41.6 Å². The highest BCUT2D eigenvalue weighted by atomic mass is 16.7. The van der Waals surface area contributed by atoms with Crippen LogP contribution in [0.1, 0.15) is 63.9 Å². The molecule has 23 heavy (non-hydrogen) atoms. The lowest BCUT2D eigenvalue weighted by atomic mass is 10.1. The van der Waals surface area contributed by atoms with Crippen molar-refractivity contribution >= 4 is 6.03 Å². The Kier molecular flexibility index (Phi) is 11.0. The molecule has 4 heteroatoms. The standard InChI is InChI=1S/C19H32N2O2/c1-3-4-5-6-7-8-9-13-16-20-19(22)21(2)23-17-18-14-11-10-12-15-18/h10-12,14-15H,3-9,13,16-17H2,1-2H3,(H,20,22). The number of hydrogen-bond donors (Lipinski definition) is 1. The lowest BCUT2D eigenvalue weighted by Crippen LogP contribution is -2.37. The van der Waals surface area contributed by atoms with E-state index in [0.29, 0.717) is 13.2 Å². The van der Waals surface area contributed by atoms with Gasteiger partial charge in [0.1, 0.15) is 6.61 Å². The van der Waals surface area contributed by atoms with E-state index in [0.717, 1.165) is 12.0 Å². The Bertz CT molecular complexity index is 409. The summed E-state index contributed by atoms with van der Waals surface area (Å²) in [6.45, 7) is 3.36. The van der Waals surface area contributed by atoms with Crippen molar-refractivity contribution in [2.45, 2.75) is 64.9 Å². The van der Waals surface area contributed by atoms with Crippen LogP contribution in [0.5, 0.6) is 0 Å². The molecule has 0 aliphatic rings. The molecule has 0 aliphatic heterocycles. The van der Waals surface area contributed by atoms with Crippen LogP contribution in [0.25, 0.3) is 0 Å². The first kappa shape index (κ1) is 19.5. The number of benzene rings is 1. The van der Waals surface area contributed by atoms with Crippen LogP contribution in [-0.2, 0) is 11.4 Å². The van der Waals surface area contributed by atoms with E-state index >= 15 is 0 Å². The molecule has 0 aromatic heterocycles. The zero-order valence-corrected chi connectivity index (χ0v) is 14.7. The van der Waals surface area contributed by atoms with Crippen LogP contribution in [0, 0.1) is 0 Å². The number of nitrogens with zero attached hydrogens (tertiary/aromatic N) is 1. The van der Waals surface area contributed by atoms with Gasteiger partial charge in [0, 0.05) is 13.6 Å². The Hall–Kier alpha value is -1.55. The second-order valence-corrected chi connectivity index (χ2v) is 5.96. The van der Waals surface area contributed by atoms with E-state index in [4.69, 9.17) is 4.84 Å². The Labute approximate surface area is 141 Å². The van der Waals surface area contributed by atoms with Crippen molar-refractivity contribution < 1.29 is 9.63 Å². The zero-order valence-electron chi connectivity index (χ0n) is 14.7. The van der Waals surface area contributed by atoms with Crippen molar-refractivity contribution in [3.63, 3.8) is 0 Å². The molecule has 1 aromatic carbocycles. The Morgan fingerprint density at radius 3 is 2.26 bits per heavy atom. The molecule has 0 saturated heterocycles. The molecule has 0 aliphatic carbocycles. The Balaban J connectivity index is 1.98. The number of carbonyl (C=O) groups excluding carboxylic acids is 1. The molecule has 1 rings (SSSR count). The van der Waals surface area contributed by atoms with Gasteiger partial charge >= 0.3 is 6.03 Å². The molecule has 0 saturated carbocycles. The highest BCUT2D eigenvalue weighted by Gasteiger charge is 2.08. The zero-order chi connectivity index (χ0) is 16.8. The second kappa shape index (κ2) is 12.9. The largest absolute Gasteiger partial charge is 0.341 e. The van der Waals surface area contributed by atoms with Crippen LogP contribution in [0.2, 0.25) is 0 Å².